The summed E-state index contributed by atoms with van der Waals surface area (Å²) in [5.41, 5.74) is 8.10. The highest BCUT2D eigenvalue weighted by atomic mass is 16.1. The first-order chi connectivity index (χ1) is 16.6. The summed E-state index contributed by atoms with van der Waals surface area (Å²) in [6.45, 7) is 8.52. The third kappa shape index (κ3) is 6.23. The van der Waals surface area contributed by atoms with Gasteiger partial charge in [-0.3, -0.25) is 4.79 Å². The van der Waals surface area contributed by atoms with Crippen LogP contribution in [0.1, 0.15) is 89.7 Å². The number of amides is 1. The molecule has 0 unspecified atom stereocenters. The van der Waals surface area contributed by atoms with Gasteiger partial charge in [-0.25, -0.2) is 0 Å². The number of piperidine rings is 1. The lowest BCUT2D eigenvalue weighted by Crippen LogP contribution is -2.43. The number of nitrogens with one attached hydrogen (secondary N) is 1. The van der Waals surface area contributed by atoms with E-state index < -0.39 is 0 Å². The molecule has 1 aromatic carbocycles. The first-order valence-corrected chi connectivity index (χ1v) is 13.9. The van der Waals surface area contributed by atoms with E-state index in [2.05, 4.69) is 59.1 Å². The molecule has 1 aromatic heterocycles. The van der Waals surface area contributed by atoms with Crippen LogP contribution in [0.4, 0.5) is 0 Å². The third-order valence-electron chi connectivity index (χ3n) is 8.50. The maximum Gasteiger partial charge on any atom is 0.220 e. The number of fused-ring (bicyclic) bond motifs is 1. The molecule has 1 aliphatic carbocycles. The Morgan fingerprint density at radius 3 is 2.44 bits per heavy atom. The first-order valence-electron chi connectivity index (χ1n) is 13.9. The molecular weight excluding hydrogens is 420 g/mol. The Kier molecular flexibility index (Phi) is 9.07. The number of rotatable bonds is 10. The number of nitrogens with two attached hydrogens (primary N) is 1. The van der Waals surface area contributed by atoms with Gasteiger partial charge >= 0.3 is 0 Å². The van der Waals surface area contributed by atoms with Crippen molar-refractivity contribution in [3.63, 3.8) is 0 Å². The Morgan fingerprint density at radius 2 is 1.74 bits per heavy atom. The second kappa shape index (κ2) is 12.2. The van der Waals surface area contributed by atoms with E-state index in [0.29, 0.717) is 25.6 Å². The van der Waals surface area contributed by atoms with Gasteiger partial charge in [0.05, 0.1) is 0 Å². The van der Waals surface area contributed by atoms with Crippen molar-refractivity contribution < 1.29 is 4.79 Å². The molecule has 1 saturated carbocycles. The molecule has 1 saturated heterocycles. The summed E-state index contributed by atoms with van der Waals surface area (Å²) in [5.74, 6) is 1.92. The van der Waals surface area contributed by atoms with E-state index in [9.17, 15) is 4.79 Å². The number of aromatic nitrogens is 1. The largest absolute Gasteiger partial charge is 0.352 e. The van der Waals surface area contributed by atoms with Gasteiger partial charge in [0.2, 0.25) is 5.91 Å². The van der Waals surface area contributed by atoms with Crippen molar-refractivity contribution in [1.29, 1.82) is 0 Å². The number of unbranched alkanes of at least 4 members (excludes halogenated alkanes) is 2. The molecule has 4 rings (SSSR count). The summed E-state index contributed by atoms with van der Waals surface area (Å²) >= 11 is 0. The molecule has 3 N–H and O–H groups in total. The van der Waals surface area contributed by atoms with Crippen molar-refractivity contribution in [2.75, 3.05) is 19.6 Å². The predicted octanol–water partition coefficient (Wildman–Crippen LogP) is 5.63. The molecule has 1 amide bonds. The average Bonchev–Trinajstić information content (AvgIpc) is 3.24. The van der Waals surface area contributed by atoms with Crippen LogP contribution < -0.4 is 11.1 Å². The molecule has 2 heterocycles. The van der Waals surface area contributed by atoms with E-state index in [1.165, 1.54) is 68.1 Å². The molecule has 2 aliphatic rings. The minimum atomic E-state index is 0.148. The standard InChI is InChI=1S/C29H46N4O/c1-22(2)23-11-13-25(14-12-23)32-18-15-26(16-19-32)33-21-24(27-8-5-6-9-28(27)33)20-31-29(34)10-4-3-7-17-30/h5-6,8-9,21-23,25-26H,3-4,7,10-20,30H2,1-2H3,(H,31,34). The maximum absolute atomic E-state index is 12.3. The predicted molar refractivity (Wildman–Crippen MR) is 142 cm³/mol. The number of benzene rings is 1. The molecule has 34 heavy (non-hydrogen) atoms. The average molecular weight is 467 g/mol. The van der Waals surface area contributed by atoms with Crippen molar-refractivity contribution in [2.24, 2.45) is 17.6 Å². The Hall–Kier alpha value is -1.85. The van der Waals surface area contributed by atoms with Crippen molar-refractivity contribution in [3.8, 4) is 0 Å². The third-order valence-corrected chi connectivity index (χ3v) is 8.50. The summed E-state index contributed by atoms with van der Waals surface area (Å²) in [4.78, 5) is 15.1. The lowest BCUT2D eigenvalue weighted by molar-refractivity contribution is -0.121. The molecule has 2 aromatic rings. The summed E-state index contributed by atoms with van der Waals surface area (Å²) in [5, 5.41) is 4.43. The summed E-state index contributed by atoms with van der Waals surface area (Å²) < 4.78 is 2.51. The molecule has 0 atom stereocenters. The quantitative estimate of drug-likeness (QED) is 0.446. The minimum Gasteiger partial charge on any atom is -0.352 e. The van der Waals surface area contributed by atoms with E-state index >= 15 is 0 Å². The molecule has 0 spiro atoms. The van der Waals surface area contributed by atoms with Crippen LogP contribution in [0, 0.1) is 11.8 Å². The van der Waals surface area contributed by atoms with Gasteiger partial charge < -0.3 is 20.5 Å². The zero-order valence-electron chi connectivity index (χ0n) is 21.5. The summed E-state index contributed by atoms with van der Waals surface area (Å²) in [6, 6.07) is 10.0. The Morgan fingerprint density at radius 1 is 1.00 bits per heavy atom. The van der Waals surface area contributed by atoms with Gasteiger partial charge in [0, 0.05) is 55.2 Å². The fraction of sp³-hybridized carbons (Fsp3) is 0.690. The van der Waals surface area contributed by atoms with Crippen LogP contribution >= 0.6 is 0 Å². The fourth-order valence-corrected chi connectivity index (χ4v) is 6.27. The minimum absolute atomic E-state index is 0.148. The molecule has 5 heteroatoms. The van der Waals surface area contributed by atoms with E-state index in [4.69, 9.17) is 5.73 Å². The van der Waals surface area contributed by atoms with E-state index in [-0.39, 0.29) is 5.91 Å². The van der Waals surface area contributed by atoms with Gasteiger partial charge in [-0.1, -0.05) is 38.5 Å². The first kappa shape index (κ1) is 25.2. The molecule has 0 bridgehead atoms. The molecular formula is C29H46N4O. The number of nitrogens with zero attached hydrogens (tertiary/aromatic N) is 2. The summed E-state index contributed by atoms with van der Waals surface area (Å²) in [6.07, 6.45) is 13.9. The molecule has 5 nitrogen and oxygen atoms in total. The normalized spacial score (nSPS) is 22.5. The Balaban J connectivity index is 1.33. The van der Waals surface area contributed by atoms with Gasteiger partial charge in [-0.15, -0.1) is 0 Å². The lowest BCUT2D eigenvalue weighted by Gasteiger charge is -2.42. The number of carbonyl (C=O) groups is 1. The zero-order chi connectivity index (χ0) is 23.9. The van der Waals surface area contributed by atoms with E-state index in [0.717, 1.165) is 37.1 Å². The highest BCUT2D eigenvalue weighted by Gasteiger charge is 2.30. The van der Waals surface area contributed by atoms with Crippen LogP contribution in [0.15, 0.2) is 30.5 Å². The zero-order valence-corrected chi connectivity index (χ0v) is 21.5. The van der Waals surface area contributed by atoms with Crippen molar-refractivity contribution in [3.05, 3.63) is 36.0 Å². The lowest BCUT2D eigenvalue weighted by atomic mass is 9.79. The van der Waals surface area contributed by atoms with Crippen LogP contribution in [0.25, 0.3) is 10.9 Å². The molecule has 1 aliphatic heterocycles. The second-order valence-electron chi connectivity index (χ2n) is 11.0. The van der Waals surface area contributed by atoms with E-state index in [1.807, 2.05) is 0 Å². The Labute approximate surface area is 206 Å². The maximum atomic E-state index is 12.3. The van der Waals surface area contributed by atoms with E-state index in [1.54, 1.807) is 0 Å². The number of carbonyl (C=O) groups excluding carboxylic acids is 1. The topological polar surface area (TPSA) is 63.3 Å². The highest BCUT2D eigenvalue weighted by Crippen LogP contribution is 2.35. The van der Waals surface area contributed by atoms with Crippen LogP contribution in [0.5, 0.6) is 0 Å². The van der Waals surface area contributed by atoms with Crippen LogP contribution in [-0.2, 0) is 11.3 Å². The van der Waals surface area contributed by atoms with Crippen LogP contribution in [0.2, 0.25) is 0 Å². The number of likely N-dealkylation sites (tertiary alicyclic amines) is 1. The number of hydrogen-bond acceptors (Lipinski definition) is 3. The summed E-state index contributed by atoms with van der Waals surface area (Å²) in [7, 11) is 0. The fourth-order valence-electron chi connectivity index (χ4n) is 6.27. The second-order valence-corrected chi connectivity index (χ2v) is 11.0. The number of para-hydroxylation sites is 1. The van der Waals surface area contributed by atoms with Crippen molar-refractivity contribution >= 4 is 16.8 Å². The molecule has 2 fully saturated rings. The van der Waals surface area contributed by atoms with Gasteiger partial charge in [0.1, 0.15) is 0 Å². The van der Waals surface area contributed by atoms with Gasteiger partial charge in [0.15, 0.2) is 0 Å². The van der Waals surface area contributed by atoms with Gasteiger partial charge in [0.25, 0.3) is 0 Å². The van der Waals surface area contributed by atoms with Crippen molar-refractivity contribution in [2.45, 2.75) is 96.7 Å². The van der Waals surface area contributed by atoms with Gasteiger partial charge in [-0.05, 0) is 81.4 Å². The van der Waals surface area contributed by atoms with Crippen molar-refractivity contribution in [1.82, 2.24) is 14.8 Å². The van der Waals surface area contributed by atoms with Crippen LogP contribution in [-0.4, -0.2) is 41.1 Å². The SMILES string of the molecule is CC(C)C1CCC(N2CCC(n3cc(CNC(=O)CCCCCN)c4ccccc43)CC2)CC1. The Bertz CT molecular complexity index is 904. The number of hydrogen-bond donors (Lipinski definition) is 2. The molecule has 0 radical (unpaired) electrons. The van der Waals surface area contributed by atoms with Crippen LogP contribution in [0.3, 0.4) is 0 Å². The van der Waals surface area contributed by atoms with Gasteiger partial charge in [-0.2, -0.15) is 0 Å². The monoisotopic (exact) mass is 466 g/mol. The highest BCUT2D eigenvalue weighted by molar-refractivity contribution is 5.85. The molecule has 188 valence electrons. The smallest absolute Gasteiger partial charge is 0.220 e.